The standard InChI is InChI=1S/C56H39NO/c1-36-47(40-17-8-4-9-18-40)35-48(37(2)55(36)42-19-10-5-11-20-42)41-27-25-39(26-28-41)44-29-31-46-54(34-44)58-53-24-14-23-52(56(46)53)57-50-22-13-12-21-45(50)49-33-43(30-32-51(49)57)38-15-6-3-7-16-38/h3-34,37H,1-2H3/t37-/m0/s1. The van der Waals surface area contributed by atoms with Gasteiger partial charge in [0.25, 0.3) is 0 Å². The Morgan fingerprint density at radius 3 is 1.79 bits per heavy atom. The van der Waals surface area contributed by atoms with Crippen LogP contribution in [-0.2, 0) is 0 Å². The molecule has 0 amide bonds. The van der Waals surface area contributed by atoms with Gasteiger partial charge in [-0.2, -0.15) is 0 Å². The zero-order valence-electron chi connectivity index (χ0n) is 32.4. The lowest BCUT2D eigenvalue weighted by Gasteiger charge is -2.27. The summed E-state index contributed by atoms with van der Waals surface area (Å²) < 4.78 is 9.07. The van der Waals surface area contributed by atoms with Crippen molar-refractivity contribution in [3.63, 3.8) is 0 Å². The van der Waals surface area contributed by atoms with E-state index in [9.17, 15) is 0 Å². The monoisotopic (exact) mass is 741 g/mol. The zero-order valence-corrected chi connectivity index (χ0v) is 32.4. The van der Waals surface area contributed by atoms with E-state index in [-0.39, 0.29) is 5.92 Å². The van der Waals surface area contributed by atoms with Crippen LogP contribution in [-0.4, -0.2) is 4.57 Å². The Balaban J connectivity index is 0.994. The first-order valence-electron chi connectivity index (χ1n) is 20.1. The van der Waals surface area contributed by atoms with E-state index in [0.717, 1.165) is 44.3 Å². The molecule has 0 N–H and O–H groups in total. The molecular weight excluding hydrogens is 703 g/mol. The lowest BCUT2D eigenvalue weighted by molar-refractivity contribution is 0.669. The van der Waals surface area contributed by atoms with Crippen LogP contribution in [0.2, 0.25) is 0 Å². The normalized spacial score (nSPS) is 14.4. The average Bonchev–Trinajstić information content (AvgIpc) is 3.83. The summed E-state index contributed by atoms with van der Waals surface area (Å²) in [5.41, 5.74) is 22.4. The summed E-state index contributed by atoms with van der Waals surface area (Å²) in [7, 11) is 0. The molecule has 0 fully saturated rings. The van der Waals surface area contributed by atoms with Crippen molar-refractivity contribution in [3.8, 4) is 27.9 Å². The summed E-state index contributed by atoms with van der Waals surface area (Å²) in [6, 6.07) is 69.7. The van der Waals surface area contributed by atoms with Crippen molar-refractivity contribution in [1.29, 1.82) is 0 Å². The Morgan fingerprint density at radius 1 is 0.448 bits per heavy atom. The maximum atomic E-state index is 6.67. The van der Waals surface area contributed by atoms with Crippen LogP contribution in [0.15, 0.2) is 210 Å². The van der Waals surface area contributed by atoms with Gasteiger partial charge in [-0.25, -0.2) is 0 Å². The number of para-hydroxylation sites is 1. The van der Waals surface area contributed by atoms with E-state index in [1.54, 1.807) is 0 Å². The van der Waals surface area contributed by atoms with Gasteiger partial charge in [0, 0.05) is 33.2 Å². The second-order valence-corrected chi connectivity index (χ2v) is 15.4. The molecule has 0 bridgehead atoms. The van der Waals surface area contributed by atoms with Gasteiger partial charge in [0.05, 0.1) is 22.1 Å². The lowest BCUT2D eigenvalue weighted by Crippen LogP contribution is -2.09. The van der Waals surface area contributed by atoms with Gasteiger partial charge in [0.15, 0.2) is 0 Å². The molecule has 0 radical (unpaired) electrons. The number of furan rings is 1. The smallest absolute Gasteiger partial charge is 0.137 e. The van der Waals surface area contributed by atoms with E-state index in [4.69, 9.17) is 4.42 Å². The maximum Gasteiger partial charge on any atom is 0.137 e. The molecule has 8 aromatic carbocycles. The van der Waals surface area contributed by atoms with Crippen LogP contribution < -0.4 is 0 Å². The molecule has 10 aromatic rings. The van der Waals surface area contributed by atoms with Gasteiger partial charge in [-0.05, 0) is 99.5 Å². The van der Waals surface area contributed by atoms with E-state index in [2.05, 4.69) is 218 Å². The van der Waals surface area contributed by atoms with Crippen molar-refractivity contribution in [2.75, 3.05) is 0 Å². The topological polar surface area (TPSA) is 18.1 Å². The van der Waals surface area contributed by atoms with E-state index < -0.39 is 0 Å². The molecule has 2 heteroatoms. The first kappa shape index (κ1) is 33.9. The molecule has 1 aliphatic rings. The van der Waals surface area contributed by atoms with Crippen LogP contribution >= 0.6 is 0 Å². The molecular formula is C56H39NO. The summed E-state index contributed by atoms with van der Waals surface area (Å²) in [6.07, 6.45) is 0. The molecule has 0 saturated carbocycles. The largest absolute Gasteiger partial charge is 0.456 e. The summed E-state index contributed by atoms with van der Waals surface area (Å²) in [6.45, 7) is 4.56. The summed E-state index contributed by atoms with van der Waals surface area (Å²) >= 11 is 0. The van der Waals surface area contributed by atoms with Gasteiger partial charge >= 0.3 is 0 Å². The molecule has 2 nitrogen and oxygen atoms in total. The van der Waals surface area contributed by atoms with Gasteiger partial charge in [-0.1, -0.05) is 159 Å². The number of hydrogen-bond acceptors (Lipinski definition) is 1. The number of nitrogens with zero attached hydrogens (tertiary/aromatic N) is 1. The first-order valence-corrected chi connectivity index (χ1v) is 20.1. The maximum absolute atomic E-state index is 6.67. The number of fused-ring (bicyclic) bond motifs is 6. The molecule has 1 aliphatic carbocycles. The Bertz CT molecular complexity index is 3300. The van der Waals surface area contributed by atoms with Crippen molar-refractivity contribution in [2.45, 2.75) is 13.8 Å². The van der Waals surface area contributed by atoms with Crippen LogP contribution in [0.3, 0.4) is 0 Å². The fourth-order valence-electron chi connectivity index (χ4n) is 9.30. The highest BCUT2D eigenvalue weighted by molar-refractivity contribution is 6.15. The Hall–Kier alpha value is -7.38. The van der Waals surface area contributed by atoms with Crippen LogP contribution in [0, 0.1) is 5.92 Å². The number of rotatable bonds is 6. The molecule has 2 aromatic heterocycles. The number of aromatic nitrogens is 1. The Labute approximate surface area is 338 Å². The molecule has 0 spiro atoms. The lowest BCUT2D eigenvalue weighted by atomic mass is 9.76. The predicted molar refractivity (Wildman–Crippen MR) is 244 cm³/mol. The minimum absolute atomic E-state index is 0.183. The van der Waals surface area contributed by atoms with E-state index in [1.807, 2.05) is 0 Å². The summed E-state index contributed by atoms with van der Waals surface area (Å²) in [5, 5.41) is 4.69. The number of benzene rings is 8. The number of allylic oxidation sites excluding steroid dienone is 3. The first-order chi connectivity index (χ1) is 28.6. The van der Waals surface area contributed by atoms with Crippen molar-refractivity contribution in [1.82, 2.24) is 4.57 Å². The van der Waals surface area contributed by atoms with Gasteiger partial charge in [-0.3, -0.25) is 0 Å². The van der Waals surface area contributed by atoms with E-state index >= 15 is 0 Å². The Morgan fingerprint density at radius 2 is 1.03 bits per heavy atom. The van der Waals surface area contributed by atoms with E-state index in [0.29, 0.717) is 0 Å². The zero-order chi connectivity index (χ0) is 38.7. The van der Waals surface area contributed by atoms with Crippen molar-refractivity contribution in [3.05, 3.63) is 222 Å². The van der Waals surface area contributed by atoms with Crippen molar-refractivity contribution >= 4 is 60.5 Å². The summed E-state index contributed by atoms with van der Waals surface area (Å²) in [5.74, 6) is 0.183. The molecule has 11 rings (SSSR count). The average molecular weight is 742 g/mol. The quantitative estimate of drug-likeness (QED) is 0.155. The number of hydrogen-bond donors (Lipinski definition) is 0. The van der Waals surface area contributed by atoms with E-state index in [1.165, 1.54) is 66.3 Å². The highest BCUT2D eigenvalue weighted by Crippen LogP contribution is 2.45. The second kappa shape index (κ2) is 13.7. The van der Waals surface area contributed by atoms with Gasteiger partial charge < -0.3 is 8.98 Å². The van der Waals surface area contributed by atoms with Gasteiger partial charge in [-0.15, -0.1) is 5.73 Å². The fraction of sp³-hybridized carbons (Fsp3) is 0.0536. The van der Waals surface area contributed by atoms with Gasteiger partial charge in [0.1, 0.15) is 11.2 Å². The van der Waals surface area contributed by atoms with Crippen molar-refractivity contribution in [2.24, 2.45) is 5.92 Å². The molecule has 1 atom stereocenters. The molecule has 0 saturated heterocycles. The predicted octanol–water partition coefficient (Wildman–Crippen LogP) is 15.2. The van der Waals surface area contributed by atoms with Gasteiger partial charge in [0.2, 0.25) is 0 Å². The molecule has 274 valence electrons. The third-order valence-corrected chi connectivity index (χ3v) is 12.1. The summed E-state index contributed by atoms with van der Waals surface area (Å²) in [4.78, 5) is 0. The highest BCUT2D eigenvalue weighted by atomic mass is 16.3. The van der Waals surface area contributed by atoms with Crippen LogP contribution in [0.25, 0.3) is 88.4 Å². The molecule has 0 aliphatic heterocycles. The van der Waals surface area contributed by atoms with Crippen LogP contribution in [0.1, 0.15) is 30.5 Å². The Kier molecular flexibility index (Phi) is 8.00. The SMILES string of the molecule is CC1=C(c2ccccc2)[C@@H](C)C(c2ccc(-c3ccc4c(c3)oc3cccc(-n5c6ccccc6c6cc(-c7ccccc7)ccc65)c34)cc2)=C=C1c1ccccc1. The van der Waals surface area contributed by atoms with Crippen LogP contribution in [0.4, 0.5) is 0 Å². The third kappa shape index (κ3) is 5.50. The third-order valence-electron chi connectivity index (χ3n) is 12.1. The minimum atomic E-state index is 0.183. The van der Waals surface area contributed by atoms with Crippen LogP contribution in [0.5, 0.6) is 0 Å². The molecule has 0 unspecified atom stereocenters. The molecule has 2 heterocycles. The van der Waals surface area contributed by atoms with Crippen molar-refractivity contribution < 1.29 is 4.42 Å². The molecule has 58 heavy (non-hydrogen) atoms. The fourth-order valence-corrected chi connectivity index (χ4v) is 9.30. The second-order valence-electron chi connectivity index (χ2n) is 15.4. The minimum Gasteiger partial charge on any atom is -0.456 e. The highest BCUT2D eigenvalue weighted by Gasteiger charge is 2.26.